The summed E-state index contributed by atoms with van der Waals surface area (Å²) in [5.74, 6) is 1.89. The van der Waals surface area contributed by atoms with Crippen LogP contribution in [0, 0.1) is 0 Å². The van der Waals surface area contributed by atoms with Crippen molar-refractivity contribution in [1.82, 2.24) is 14.8 Å². The Morgan fingerprint density at radius 1 is 1.32 bits per heavy atom. The van der Waals surface area contributed by atoms with Crippen LogP contribution in [0.5, 0.6) is 11.6 Å². The number of anilines is 2. The molecule has 0 aliphatic heterocycles. The molecule has 0 unspecified atom stereocenters. The monoisotopic (exact) mass is 263 g/mol. The van der Waals surface area contributed by atoms with Crippen LogP contribution in [0.25, 0.3) is 0 Å². The third-order valence-electron chi connectivity index (χ3n) is 2.52. The molecule has 0 aliphatic carbocycles. The van der Waals surface area contributed by atoms with Gasteiger partial charge in [-0.05, 0) is 0 Å². The molecule has 0 aliphatic rings. The molecule has 2 aromatic heterocycles. The van der Waals surface area contributed by atoms with Crippen molar-refractivity contribution in [1.29, 1.82) is 0 Å². The van der Waals surface area contributed by atoms with Gasteiger partial charge in [0.05, 0.1) is 32.6 Å². The zero-order chi connectivity index (χ0) is 13.7. The summed E-state index contributed by atoms with van der Waals surface area (Å²) in [5.41, 5.74) is 6.24. The number of nitrogens with zero attached hydrogens (tertiary/aromatic N) is 3. The van der Waals surface area contributed by atoms with Crippen molar-refractivity contribution in [3.63, 3.8) is 0 Å². The molecule has 2 aromatic rings. The first-order chi connectivity index (χ1) is 9.21. The van der Waals surface area contributed by atoms with E-state index in [0.717, 1.165) is 0 Å². The summed E-state index contributed by atoms with van der Waals surface area (Å²) >= 11 is 0. The van der Waals surface area contributed by atoms with Crippen LogP contribution in [0.15, 0.2) is 24.5 Å². The lowest BCUT2D eigenvalue weighted by molar-refractivity contribution is 0.383. The van der Waals surface area contributed by atoms with Gasteiger partial charge in [-0.15, -0.1) is 0 Å². The van der Waals surface area contributed by atoms with Crippen molar-refractivity contribution in [2.45, 2.75) is 6.54 Å². The third-order valence-corrected chi connectivity index (χ3v) is 2.52. The van der Waals surface area contributed by atoms with Crippen molar-refractivity contribution < 1.29 is 9.47 Å². The maximum absolute atomic E-state index is 5.59. The molecule has 0 bridgehead atoms. The van der Waals surface area contributed by atoms with E-state index in [-0.39, 0.29) is 0 Å². The van der Waals surface area contributed by atoms with Crippen molar-refractivity contribution in [3.05, 3.63) is 24.5 Å². The molecular formula is C12H17N5O2. The highest BCUT2D eigenvalue weighted by Crippen LogP contribution is 2.21. The maximum atomic E-state index is 5.59. The van der Waals surface area contributed by atoms with Crippen LogP contribution in [-0.2, 0) is 6.54 Å². The first-order valence-corrected chi connectivity index (χ1v) is 5.83. The van der Waals surface area contributed by atoms with Crippen LogP contribution in [0.3, 0.4) is 0 Å². The number of pyridine rings is 1. The number of methoxy groups -OCH3 is 2. The number of nitrogens with one attached hydrogen (secondary N) is 1. The van der Waals surface area contributed by atoms with Crippen LogP contribution in [0.2, 0.25) is 0 Å². The number of aromatic nitrogens is 3. The van der Waals surface area contributed by atoms with Crippen LogP contribution < -0.4 is 20.5 Å². The quantitative estimate of drug-likeness (QED) is 0.808. The highest BCUT2D eigenvalue weighted by molar-refractivity contribution is 5.44. The van der Waals surface area contributed by atoms with Gasteiger partial charge < -0.3 is 20.5 Å². The van der Waals surface area contributed by atoms with E-state index in [1.54, 1.807) is 43.4 Å². The fraction of sp³-hybridized carbons (Fsp3) is 0.333. The van der Waals surface area contributed by atoms with Gasteiger partial charge in [-0.25, -0.2) is 0 Å². The predicted molar refractivity (Wildman–Crippen MR) is 72.5 cm³/mol. The summed E-state index contributed by atoms with van der Waals surface area (Å²) in [5, 5.41) is 7.28. The highest BCUT2D eigenvalue weighted by Gasteiger charge is 2.03. The standard InChI is InChI=1S/C12H17N5O2/c1-18-10-5-11(16-12(6-10)19-2)14-3-4-17-8-9(13)7-15-17/h5-8H,3-4,13H2,1-2H3,(H,14,16). The van der Waals surface area contributed by atoms with Crippen molar-refractivity contribution in [2.24, 2.45) is 0 Å². The first-order valence-electron chi connectivity index (χ1n) is 5.83. The van der Waals surface area contributed by atoms with Crippen molar-refractivity contribution >= 4 is 11.5 Å². The van der Waals surface area contributed by atoms with E-state index in [2.05, 4.69) is 15.4 Å². The summed E-state index contributed by atoms with van der Waals surface area (Å²) in [7, 11) is 3.17. The van der Waals surface area contributed by atoms with Crippen LogP contribution in [-0.4, -0.2) is 35.5 Å². The van der Waals surface area contributed by atoms with Crippen LogP contribution in [0.1, 0.15) is 0 Å². The minimum atomic E-state index is 0.505. The second kappa shape index (κ2) is 5.94. The van der Waals surface area contributed by atoms with Crippen molar-refractivity contribution in [3.8, 4) is 11.6 Å². The second-order valence-electron chi connectivity index (χ2n) is 3.90. The Morgan fingerprint density at radius 3 is 2.79 bits per heavy atom. The molecule has 0 fully saturated rings. The van der Waals surface area contributed by atoms with Gasteiger partial charge in [-0.2, -0.15) is 10.1 Å². The highest BCUT2D eigenvalue weighted by atomic mass is 16.5. The molecular weight excluding hydrogens is 246 g/mol. The average molecular weight is 263 g/mol. The summed E-state index contributed by atoms with van der Waals surface area (Å²) in [4.78, 5) is 4.27. The lowest BCUT2D eigenvalue weighted by atomic mass is 10.4. The van der Waals surface area contributed by atoms with Gasteiger partial charge in [0.1, 0.15) is 11.6 Å². The zero-order valence-corrected chi connectivity index (χ0v) is 11.0. The minimum absolute atomic E-state index is 0.505. The van der Waals surface area contributed by atoms with E-state index in [0.29, 0.717) is 36.2 Å². The summed E-state index contributed by atoms with van der Waals surface area (Å²) in [6.07, 6.45) is 3.40. The van der Waals surface area contributed by atoms with Gasteiger partial charge in [-0.3, -0.25) is 4.68 Å². The van der Waals surface area contributed by atoms with Gasteiger partial charge in [-0.1, -0.05) is 0 Å². The van der Waals surface area contributed by atoms with Crippen molar-refractivity contribution in [2.75, 3.05) is 31.8 Å². The summed E-state index contributed by atoms with van der Waals surface area (Å²) in [6.45, 7) is 1.36. The van der Waals surface area contributed by atoms with Gasteiger partial charge in [0.25, 0.3) is 0 Å². The Bertz CT molecular complexity index is 518. The molecule has 2 heterocycles. The first kappa shape index (κ1) is 13.0. The molecule has 0 saturated heterocycles. The van der Waals surface area contributed by atoms with E-state index in [1.807, 2.05) is 0 Å². The Balaban J connectivity index is 1.95. The normalized spacial score (nSPS) is 10.2. The molecule has 0 spiro atoms. The number of hydrogen-bond acceptors (Lipinski definition) is 6. The van der Waals surface area contributed by atoms with Gasteiger partial charge in [0.2, 0.25) is 5.88 Å². The molecule has 2 rings (SSSR count). The SMILES string of the molecule is COc1cc(NCCn2cc(N)cn2)nc(OC)c1. The van der Waals surface area contributed by atoms with E-state index < -0.39 is 0 Å². The Morgan fingerprint density at radius 2 is 2.16 bits per heavy atom. The topological polar surface area (TPSA) is 87.2 Å². The number of rotatable bonds is 6. The molecule has 0 radical (unpaired) electrons. The lowest BCUT2D eigenvalue weighted by Crippen LogP contribution is -2.12. The summed E-state index contributed by atoms with van der Waals surface area (Å²) in [6, 6.07) is 3.53. The zero-order valence-electron chi connectivity index (χ0n) is 11.0. The fourth-order valence-corrected chi connectivity index (χ4v) is 1.59. The smallest absolute Gasteiger partial charge is 0.218 e. The largest absolute Gasteiger partial charge is 0.496 e. The van der Waals surface area contributed by atoms with Gasteiger partial charge >= 0.3 is 0 Å². The molecule has 0 aromatic carbocycles. The second-order valence-corrected chi connectivity index (χ2v) is 3.90. The molecule has 102 valence electrons. The van der Waals surface area contributed by atoms with Crippen LogP contribution in [0.4, 0.5) is 11.5 Å². The summed E-state index contributed by atoms with van der Waals surface area (Å²) < 4.78 is 12.0. The molecule has 7 nitrogen and oxygen atoms in total. The van der Waals surface area contributed by atoms with E-state index in [1.165, 1.54) is 0 Å². The average Bonchev–Trinajstić information content (AvgIpc) is 2.84. The van der Waals surface area contributed by atoms with Gasteiger partial charge in [0.15, 0.2) is 0 Å². The fourth-order valence-electron chi connectivity index (χ4n) is 1.59. The Labute approximate surface area is 111 Å². The number of ether oxygens (including phenoxy) is 2. The molecule has 0 atom stereocenters. The predicted octanol–water partition coefficient (Wildman–Crippen LogP) is 0.990. The van der Waals surface area contributed by atoms with Crippen LogP contribution >= 0.6 is 0 Å². The minimum Gasteiger partial charge on any atom is -0.496 e. The lowest BCUT2D eigenvalue weighted by Gasteiger charge is -2.09. The molecule has 19 heavy (non-hydrogen) atoms. The molecule has 0 saturated carbocycles. The maximum Gasteiger partial charge on any atom is 0.218 e. The molecule has 7 heteroatoms. The number of nitrogen functional groups attached to an aromatic ring is 1. The van der Waals surface area contributed by atoms with E-state index in [9.17, 15) is 0 Å². The third kappa shape index (κ3) is 3.51. The Hall–Kier alpha value is -2.44. The number of hydrogen-bond donors (Lipinski definition) is 2. The molecule has 0 amide bonds. The van der Waals surface area contributed by atoms with E-state index in [4.69, 9.17) is 15.2 Å². The van der Waals surface area contributed by atoms with Gasteiger partial charge in [0, 0.05) is 24.9 Å². The Kier molecular flexibility index (Phi) is 4.07. The molecule has 3 N–H and O–H groups in total. The van der Waals surface area contributed by atoms with E-state index >= 15 is 0 Å². The number of nitrogens with two attached hydrogens (primary N) is 1.